The highest BCUT2D eigenvalue weighted by Gasteiger charge is 2.52. The van der Waals surface area contributed by atoms with Crippen LogP contribution in [0.15, 0.2) is 65.8 Å². The summed E-state index contributed by atoms with van der Waals surface area (Å²) < 4.78 is 18.5. The van der Waals surface area contributed by atoms with Crippen LogP contribution in [0.3, 0.4) is 0 Å². The molecule has 3 aliphatic rings. The van der Waals surface area contributed by atoms with Gasteiger partial charge in [0.15, 0.2) is 0 Å². The second kappa shape index (κ2) is 11.4. The van der Waals surface area contributed by atoms with Crippen LogP contribution >= 0.6 is 0 Å². The third kappa shape index (κ3) is 5.52. The van der Waals surface area contributed by atoms with E-state index in [1.54, 1.807) is 4.90 Å². The van der Waals surface area contributed by atoms with E-state index in [9.17, 15) is 4.79 Å². The molecule has 2 saturated heterocycles. The lowest BCUT2D eigenvalue weighted by Gasteiger charge is -2.34. The molecule has 1 aliphatic carbocycles. The molecule has 0 radical (unpaired) electrons. The van der Waals surface area contributed by atoms with Gasteiger partial charge in [0.25, 0.3) is 0 Å². The molecule has 1 amide bonds. The first-order valence-electron chi connectivity index (χ1n) is 14.9. The van der Waals surface area contributed by atoms with E-state index in [0.29, 0.717) is 45.0 Å². The van der Waals surface area contributed by atoms with Crippen molar-refractivity contribution >= 4 is 24.4 Å². The predicted octanol–water partition coefficient (Wildman–Crippen LogP) is 6.30. The fraction of sp³-hybridized carbons (Fsp3) is 0.424. The molecular weight excluding hydrogens is 541 g/mol. The van der Waals surface area contributed by atoms with Crippen molar-refractivity contribution in [1.82, 2.24) is 9.80 Å². The zero-order chi connectivity index (χ0) is 30.4. The minimum absolute atomic E-state index is 0.0436. The Labute approximate surface area is 253 Å². The lowest BCUT2D eigenvalue weighted by molar-refractivity contribution is 0.00578. The van der Waals surface area contributed by atoms with Crippen LogP contribution in [0.2, 0.25) is 0 Å². The van der Waals surface area contributed by atoms with Crippen molar-refractivity contribution in [1.29, 1.82) is 0 Å². The Morgan fingerprint density at radius 2 is 1.56 bits per heavy atom. The molecule has 2 heterocycles. The van der Waals surface area contributed by atoms with E-state index in [-0.39, 0.29) is 12.0 Å². The summed E-state index contributed by atoms with van der Waals surface area (Å²) in [6.45, 7) is 13.7. The van der Waals surface area contributed by atoms with Gasteiger partial charge in [0, 0.05) is 49.2 Å². The minimum atomic E-state index is -0.553. The van der Waals surface area contributed by atoms with Crippen molar-refractivity contribution in [2.24, 2.45) is 5.11 Å². The van der Waals surface area contributed by atoms with E-state index in [1.165, 1.54) is 22.3 Å². The monoisotopic (exact) mass is 579 g/mol. The number of fused-ring (bicyclic) bond motifs is 3. The second-order valence-corrected chi connectivity index (χ2v) is 12.7. The first-order valence-corrected chi connectivity index (χ1v) is 14.9. The van der Waals surface area contributed by atoms with Crippen molar-refractivity contribution < 1.29 is 18.8 Å². The summed E-state index contributed by atoms with van der Waals surface area (Å²) in [6, 6.07) is 20.5. The van der Waals surface area contributed by atoms with Crippen LogP contribution in [0.4, 0.5) is 10.5 Å². The number of piperazine rings is 1. The summed E-state index contributed by atoms with van der Waals surface area (Å²) in [5.74, 6) is 0.0436. The molecule has 0 unspecified atom stereocenters. The molecule has 0 N–H and O–H groups in total. The van der Waals surface area contributed by atoms with Crippen LogP contribution in [0.1, 0.15) is 55.9 Å². The van der Waals surface area contributed by atoms with Crippen LogP contribution < -0.4 is 5.46 Å². The SMILES string of the molecule is Cc1c(CN2CCN(C(=O)OCC3c4ccccc4-c4ccccc43)CC2)cc(N=[N+]=[N-])cc1B1OC(C)(C)C(C)(C)O1. The molecular formula is C33H38BN5O4. The number of azide groups is 1. The van der Waals surface area contributed by atoms with Crippen LogP contribution in [0, 0.1) is 6.92 Å². The molecule has 0 saturated carbocycles. The number of hydrogen-bond acceptors (Lipinski definition) is 6. The van der Waals surface area contributed by atoms with Gasteiger partial charge in [-0.1, -0.05) is 59.7 Å². The zero-order valence-corrected chi connectivity index (χ0v) is 25.5. The minimum Gasteiger partial charge on any atom is -0.448 e. The molecule has 222 valence electrons. The van der Waals surface area contributed by atoms with Gasteiger partial charge in [0.2, 0.25) is 0 Å². The third-order valence-electron chi connectivity index (χ3n) is 9.57. The quantitative estimate of drug-likeness (QED) is 0.148. The van der Waals surface area contributed by atoms with Gasteiger partial charge in [-0.2, -0.15) is 0 Å². The summed E-state index contributed by atoms with van der Waals surface area (Å²) in [4.78, 5) is 20.2. The zero-order valence-electron chi connectivity index (χ0n) is 25.5. The summed E-state index contributed by atoms with van der Waals surface area (Å²) in [5.41, 5.74) is 16.5. The van der Waals surface area contributed by atoms with E-state index in [0.717, 1.165) is 16.6 Å². The van der Waals surface area contributed by atoms with Gasteiger partial charge in [0.1, 0.15) is 6.61 Å². The molecule has 6 rings (SSSR count). The van der Waals surface area contributed by atoms with Gasteiger partial charge >= 0.3 is 13.2 Å². The van der Waals surface area contributed by atoms with E-state index >= 15 is 0 Å². The number of hydrogen-bond donors (Lipinski definition) is 0. The molecule has 0 aromatic heterocycles. The number of nitrogens with zero attached hydrogens (tertiary/aromatic N) is 5. The fourth-order valence-corrected chi connectivity index (χ4v) is 6.28. The molecule has 0 bridgehead atoms. The highest BCUT2D eigenvalue weighted by Crippen LogP contribution is 2.44. The smallest absolute Gasteiger partial charge is 0.448 e. The highest BCUT2D eigenvalue weighted by molar-refractivity contribution is 6.62. The predicted molar refractivity (Wildman–Crippen MR) is 168 cm³/mol. The van der Waals surface area contributed by atoms with E-state index in [2.05, 4.69) is 58.2 Å². The number of amides is 1. The largest absolute Gasteiger partial charge is 0.495 e. The first-order chi connectivity index (χ1) is 20.6. The molecule has 3 aromatic carbocycles. The van der Waals surface area contributed by atoms with Gasteiger partial charge < -0.3 is 18.9 Å². The molecule has 0 spiro atoms. The van der Waals surface area contributed by atoms with Crippen molar-refractivity contribution in [3.8, 4) is 11.1 Å². The van der Waals surface area contributed by atoms with Crippen molar-refractivity contribution in [2.75, 3.05) is 32.8 Å². The average Bonchev–Trinajstić information content (AvgIpc) is 3.42. The maximum absolute atomic E-state index is 13.1. The molecule has 9 nitrogen and oxygen atoms in total. The van der Waals surface area contributed by atoms with Gasteiger partial charge in [-0.15, -0.1) is 0 Å². The third-order valence-corrected chi connectivity index (χ3v) is 9.57. The lowest BCUT2D eigenvalue weighted by atomic mass is 9.74. The Balaban J connectivity index is 1.09. The normalized spacial score (nSPS) is 19.1. The van der Waals surface area contributed by atoms with E-state index < -0.39 is 18.3 Å². The van der Waals surface area contributed by atoms with Crippen LogP contribution in [-0.4, -0.2) is 67.0 Å². The summed E-state index contributed by atoms with van der Waals surface area (Å²) in [5, 5.41) is 3.90. The first kappa shape index (κ1) is 29.3. The average molecular weight is 580 g/mol. The van der Waals surface area contributed by atoms with Crippen LogP contribution in [0.25, 0.3) is 21.6 Å². The van der Waals surface area contributed by atoms with E-state index in [4.69, 9.17) is 19.6 Å². The second-order valence-electron chi connectivity index (χ2n) is 12.7. The summed E-state index contributed by atoms with van der Waals surface area (Å²) >= 11 is 0. The van der Waals surface area contributed by atoms with Crippen LogP contribution in [-0.2, 0) is 20.6 Å². The number of carbonyl (C=O) groups excluding carboxylic acids is 1. The van der Waals surface area contributed by atoms with Gasteiger partial charge in [-0.3, -0.25) is 4.90 Å². The van der Waals surface area contributed by atoms with Gasteiger partial charge in [-0.25, -0.2) is 4.79 Å². The highest BCUT2D eigenvalue weighted by atomic mass is 16.7. The number of carbonyl (C=O) groups is 1. The molecule has 2 aliphatic heterocycles. The number of rotatable bonds is 6. The van der Waals surface area contributed by atoms with Crippen molar-refractivity contribution in [3.05, 3.63) is 93.4 Å². The maximum atomic E-state index is 13.1. The van der Waals surface area contributed by atoms with Crippen molar-refractivity contribution in [3.63, 3.8) is 0 Å². The Bertz CT molecular complexity index is 1530. The maximum Gasteiger partial charge on any atom is 0.495 e. The molecule has 10 heteroatoms. The topological polar surface area (TPSA) is 100 Å². The molecule has 3 aromatic rings. The fourth-order valence-electron chi connectivity index (χ4n) is 6.28. The Morgan fingerprint density at radius 1 is 0.977 bits per heavy atom. The molecule has 43 heavy (non-hydrogen) atoms. The summed E-state index contributed by atoms with van der Waals surface area (Å²) in [6.07, 6.45) is -0.272. The van der Waals surface area contributed by atoms with E-state index in [1.807, 2.05) is 52.0 Å². The Morgan fingerprint density at radius 3 is 2.14 bits per heavy atom. The van der Waals surface area contributed by atoms with Gasteiger partial charge in [-0.05, 0) is 85.1 Å². The lowest BCUT2D eigenvalue weighted by Crippen LogP contribution is -2.48. The molecule has 0 atom stereocenters. The standard InChI is InChI=1S/C33H38BN5O4/c1-22-23(18-24(36-37-35)19-30(22)34-42-32(2,3)33(4,5)43-34)20-38-14-16-39(17-15-38)31(40)41-21-29-27-12-8-6-10-25(27)26-11-7-9-13-28(26)29/h6-13,18-19,29H,14-17,20-21H2,1-5H3. The molecule has 2 fully saturated rings. The van der Waals surface area contributed by atoms with Crippen LogP contribution in [0.5, 0.6) is 0 Å². The van der Waals surface area contributed by atoms with Gasteiger partial charge in [0.05, 0.1) is 11.2 Å². The number of benzene rings is 3. The Hall–Kier alpha value is -3.82. The Kier molecular flexibility index (Phi) is 7.73. The summed E-state index contributed by atoms with van der Waals surface area (Å²) in [7, 11) is -0.553. The van der Waals surface area contributed by atoms with Crippen molar-refractivity contribution in [2.45, 2.75) is 58.3 Å². The number of ether oxygens (including phenoxy) is 1.